The van der Waals surface area contributed by atoms with Gasteiger partial charge >= 0.3 is 0 Å². The van der Waals surface area contributed by atoms with Gasteiger partial charge in [0.05, 0.1) is 0 Å². The van der Waals surface area contributed by atoms with Gasteiger partial charge in [-0.05, 0) is 0 Å². The third-order valence-electron chi connectivity index (χ3n) is 1.94. The summed E-state index contributed by atoms with van der Waals surface area (Å²) < 4.78 is 0. The van der Waals surface area contributed by atoms with Crippen LogP contribution in [0.25, 0.3) is 5.32 Å². The molecule has 0 aromatic rings. The van der Waals surface area contributed by atoms with E-state index in [0.717, 1.165) is 0 Å². The summed E-state index contributed by atoms with van der Waals surface area (Å²) in [6.45, 7) is 4.00. The molecule has 0 N–H and O–H groups in total. The molecule has 0 aromatic carbocycles. The van der Waals surface area contributed by atoms with Gasteiger partial charge in [0.15, 0.2) is 0 Å². The van der Waals surface area contributed by atoms with Crippen LogP contribution in [0.2, 0.25) is 0 Å². The van der Waals surface area contributed by atoms with Crippen LogP contribution >= 0.6 is 0 Å². The van der Waals surface area contributed by atoms with E-state index in [1.54, 1.807) is 0 Å². The fourth-order valence-corrected chi connectivity index (χ4v) is 1.34. The maximum absolute atomic E-state index is 4.25. The van der Waals surface area contributed by atoms with Crippen molar-refractivity contribution in [3.8, 4) is 0 Å². The van der Waals surface area contributed by atoms with Gasteiger partial charge in [-0.3, -0.25) is 0 Å². The zero-order chi connectivity index (χ0) is 7.82. The minimum Gasteiger partial charge on any atom is -0.662 e. The molecule has 0 bridgehead atoms. The second-order valence-electron chi connectivity index (χ2n) is 2.55. The first kappa shape index (κ1) is 14.2. The molecule has 1 fully saturated rings. The SMILES string of the molecule is CC.C[N-]C1CCCCC1.[Re]. The Hall–Kier alpha value is 0.622. The maximum Gasteiger partial charge on any atom is 0 e. The van der Waals surface area contributed by atoms with Gasteiger partial charge in [-0.25, -0.2) is 0 Å². The first-order valence-corrected chi connectivity index (χ1v) is 4.52. The summed E-state index contributed by atoms with van der Waals surface area (Å²) in [7, 11) is 1.94. The zero-order valence-corrected chi connectivity index (χ0v) is 10.7. The summed E-state index contributed by atoms with van der Waals surface area (Å²) in [5.74, 6) is 0. The van der Waals surface area contributed by atoms with E-state index in [1.807, 2.05) is 20.9 Å². The molecule has 2 heteroatoms. The predicted octanol–water partition coefficient (Wildman–Crippen LogP) is 3.35. The Bertz CT molecular complexity index is 60.6. The molecule has 0 unspecified atom stereocenters. The second-order valence-corrected chi connectivity index (χ2v) is 2.55. The fourth-order valence-electron chi connectivity index (χ4n) is 1.34. The third kappa shape index (κ3) is 7.00. The van der Waals surface area contributed by atoms with Crippen LogP contribution in [0.5, 0.6) is 0 Å². The van der Waals surface area contributed by atoms with Gasteiger partial charge in [-0.15, -0.1) is 6.04 Å². The van der Waals surface area contributed by atoms with Crippen LogP contribution in [0, 0.1) is 0 Å². The van der Waals surface area contributed by atoms with Crippen molar-refractivity contribution in [3.63, 3.8) is 0 Å². The minimum absolute atomic E-state index is 0. The Morgan fingerprint density at radius 1 is 1.00 bits per heavy atom. The predicted molar refractivity (Wildman–Crippen MR) is 47.5 cm³/mol. The van der Waals surface area contributed by atoms with Gasteiger partial charge in [0.1, 0.15) is 0 Å². The number of rotatable bonds is 1. The number of nitrogens with zero attached hydrogens (tertiary/aromatic N) is 1. The molecule has 1 rings (SSSR count). The molecular weight excluding hydrogens is 308 g/mol. The normalized spacial score (nSPS) is 17.7. The summed E-state index contributed by atoms with van der Waals surface area (Å²) in [5.41, 5.74) is 0. The molecule has 0 aliphatic heterocycles. The van der Waals surface area contributed by atoms with Gasteiger partial charge < -0.3 is 5.32 Å². The molecule has 0 spiro atoms. The Kier molecular flexibility index (Phi) is 13.7. The molecule has 1 saturated carbocycles. The summed E-state index contributed by atoms with van der Waals surface area (Å²) >= 11 is 0. The zero-order valence-electron chi connectivity index (χ0n) is 7.94. The van der Waals surface area contributed by atoms with Crippen LogP contribution in [0.15, 0.2) is 0 Å². The van der Waals surface area contributed by atoms with Crippen molar-refractivity contribution in [1.29, 1.82) is 0 Å². The van der Waals surface area contributed by atoms with Crippen LogP contribution in [0.1, 0.15) is 46.0 Å². The molecule has 1 aliphatic carbocycles. The molecule has 11 heavy (non-hydrogen) atoms. The smallest absolute Gasteiger partial charge is 0 e. The van der Waals surface area contributed by atoms with E-state index < -0.39 is 0 Å². The average Bonchev–Trinajstić information content (AvgIpc) is 2.10. The van der Waals surface area contributed by atoms with Crippen molar-refractivity contribution >= 4 is 0 Å². The standard InChI is InChI=1S/C7H14N.C2H6.Re/c1-8-7-5-3-2-4-6-7;1-2;/h7H,2-6H2,1H3;1-2H3;/q-1;;. The first-order valence-electron chi connectivity index (χ1n) is 4.52. The van der Waals surface area contributed by atoms with Crippen LogP contribution < -0.4 is 0 Å². The Labute approximate surface area is 85.0 Å². The van der Waals surface area contributed by atoms with Gasteiger partial charge in [0.2, 0.25) is 0 Å². The fraction of sp³-hybridized carbons (Fsp3) is 1.00. The van der Waals surface area contributed by atoms with Gasteiger partial charge in [0.25, 0.3) is 0 Å². The Morgan fingerprint density at radius 2 is 1.45 bits per heavy atom. The summed E-state index contributed by atoms with van der Waals surface area (Å²) in [6.07, 6.45) is 6.93. The van der Waals surface area contributed by atoms with Crippen LogP contribution in [-0.4, -0.2) is 13.1 Å². The van der Waals surface area contributed by atoms with Crippen LogP contribution in [0.3, 0.4) is 0 Å². The van der Waals surface area contributed by atoms with Crippen LogP contribution in [-0.2, 0) is 20.4 Å². The van der Waals surface area contributed by atoms with Crippen molar-refractivity contribution < 1.29 is 20.4 Å². The van der Waals surface area contributed by atoms with Crippen molar-refractivity contribution in [2.24, 2.45) is 0 Å². The number of hydrogen-bond donors (Lipinski definition) is 0. The van der Waals surface area contributed by atoms with Crippen molar-refractivity contribution in [2.75, 3.05) is 7.05 Å². The van der Waals surface area contributed by atoms with E-state index in [2.05, 4.69) is 5.32 Å². The molecule has 69 valence electrons. The molecule has 0 heterocycles. The van der Waals surface area contributed by atoms with E-state index >= 15 is 0 Å². The topological polar surface area (TPSA) is 14.1 Å². The third-order valence-corrected chi connectivity index (χ3v) is 1.94. The molecule has 0 aromatic heterocycles. The molecule has 0 atom stereocenters. The molecule has 0 saturated heterocycles. The van der Waals surface area contributed by atoms with Gasteiger partial charge in [-0.1, -0.05) is 46.0 Å². The molecule has 0 amide bonds. The van der Waals surface area contributed by atoms with Crippen molar-refractivity contribution in [2.45, 2.75) is 52.0 Å². The average molecular weight is 328 g/mol. The molecule has 1 nitrogen and oxygen atoms in total. The molecule has 1 radical (unpaired) electrons. The van der Waals surface area contributed by atoms with E-state index in [4.69, 9.17) is 0 Å². The first-order chi connectivity index (χ1) is 4.93. The largest absolute Gasteiger partial charge is 0.662 e. The quantitative estimate of drug-likeness (QED) is 0.701. The monoisotopic (exact) mass is 329 g/mol. The van der Waals surface area contributed by atoms with Crippen molar-refractivity contribution in [1.82, 2.24) is 0 Å². The summed E-state index contributed by atoms with van der Waals surface area (Å²) in [4.78, 5) is 0. The Balaban J connectivity index is 0. The van der Waals surface area contributed by atoms with Crippen LogP contribution in [0.4, 0.5) is 0 Å². The van der Waals surface area contributed by atoms with Gasteiger partial charge in [-0.2, -0.15) is 7.05 Å². The summed E-state index contributed by atoms with van der Waals surface area (Å²) in [6, 6.07) is 0.712. The number of hydrogen-bond acceptors (Lipinski definition) is 0. The maximum atomic E-state index is 4.25. The summed E-state index contributed by atoms with van der Waals surface area (Å²) in [5, 5.41) is 4.25. The molecule has 1 aliphatic rings. The van der Waals surface area contributed by atoms with E-state index in [9.17, 15) is 0 Å². The Morgan fingerprint density at radius 3 is 1.73 bits per heavy atom. The van der Waals surface area contributed by atoms with E-state index in [0.29, 0.717) is 6.04 Å². The van der Waals surface area contributed by atoms with E-state index in [1.165, 1.54) is 32.1 Å². The van der Waals surface area contributed by atoms with Gasteiger partial charge in [0, 0.05) is 20.4 Å². The van der Waals surface area contributed by atoms with Crippen molar-refractivity contribution in [3.05, 3.63) is 5.32 Å². The second kappa shape index (κ2) is 10.6. The molecular formula is C9H20NRe-. The minimum atomic E-state index is 0. The van der Waals surface area contributed by atoms with E-state index in [-0.39, 0.29) is 20.4 Å².